The van der Waals surface area contributed by atoms with Crippen LogP contribution in [0.15, 0.2) is 11.3 Å². The van der Waals surface area contributed by atoms with E-state index >= 15 is 0 Å². The average molecular weight is 619 g/mol. The van der Waals surface area contributed by atoms with E-state index in [2.05, 4.69) is 0 Å². The molecule has 3 rings (SSSR count). The summed E-state index contributed by atoms with van der Waals surface area (Å²) < 4.78 is 32.3. The molecule has 2 aliphatic rings. The number of fused-ring (bicyclic) bond motifs is 1. The molecule has 1 aromatic rings. The molecule has 1 fully saturated rings. The third kappa shape index (κ3) is 6.39. The molecule has 1 aromatic carbocycles. The smallest absolute Gasteiger partial charge is 0.303 e. The molecule has 16 heteroatoms. The van der Waals surface area contributed by atoms with E-state index in [0.29, 0.717) is 0 Å². The summed E-state index contributed by atoms with van der Waals surface area (Å²) in [6.07, 6.45) is -8.08. The van der Waals surface area contributed by atoms with Crippen molar-refractivity contribution in [2.45, 2.75) is 65.3 Å². The van der Waals surface area contributed by atoms with Crippen molar-refractivity contribution in [2.75, 3.05) is 6.61 Å². The summed E-state index contributed by atoms with van der Waals surface area (Å²) >= 11 is 11.8. The Morgan fingerprint density at radius 2 is 1.22 bits per heavy atom. The van der Waals surface area contributed by atoms with Gasteiger partial charge in [0.2, 0.25) is 18.2 Å². The summed E-state index contributed by atoms with van der Waals surface area (Å²) in [4.78, 5) is 74.1. The second-order valence-electron chi connectivity index (χ2n) is 8.87. The first-order valence-electron chi connectivity index (χ1n) is 11.8. The van der Waals surface area contributed by atoms with Gasteiger partial charge in [-0.1, -0.05) is 23.2 Å². The van der Waals surface area contributed by atoms with Crippen molar-refractivity contribution >= 4 is 58.6 Å². The van der Waals surface area contributed by atoms with Gasteiger partial charge in [-0.25, -0.2) is 0 Å². The normalized spacial score (nSPS) is 23.8. The van der Waals surface area contributed by atoms with Crippen molar-refractivity contribution in [2.24, 2.45) is 0 Å². The first kappa shape index (κ1) is 31.6. The Morgan fingerprint density at radius 1 is 0.756 bits per heavy atom. The van der Waals surface area contributed by atoms with Crippen molar-refractivity contribution in [3.8, 4) is 11.5 Å². The summed E-state index contributed by atoms with van der Waals surface area (Å²) in [5.74, 6) is -8.08. The molecular formula is C25H24Cl2O14. The van der Waals surface area contributed by atoms with Gasteiger partial charge in [-0.15, -0.1) is 0 Å². The molecule has 14 nitrogen and oxygen atoms in total. The Labute approximate surface area is 242 Å². The largest absolute Gasteiger partial charge is 0.506 e. The van der Waals surface area contributed by atoms with E-state index in [1.165, 1.54) is 0 Å². The minimum absolute atomic E-state index is 0.386. The van der Waals surface area contributed by atoms with E-state index in [1.807, 2.05) is 0 Å². The monoisotopic (exact) mass is 618 g/mol. The number of carbonyl (C=O) groups is 6. The number of ether oxygens (including phenoxy) is 6. The van der Waals surface area contributed by atoms with Crippen molar-refractivity contribution in [3.05, 3.63) is 32.5 Å². The Kier molecular flexibility index (Phi) is 9.51. The molecule has 0 saturated carbocycles. The number of phenolic OH excluding ortho intramolecular Hbond substituents is 2. The number of benzene rings is 1. The van der Waals surface area contributed by atoms with Gasteiger partial charge in [0.25, 0.3) is 0 Å². The lowest BCUT2D eigenvalue weighted by Gasteiger charge is -2.44. The minimum atomic E-state index is -1.85. The van der Waals surface area contributed by atoms with E-state index in [9.17, 15) is 39.0 Å². The molecule has 2 N–H and O–H groups in total. The molecule has 41 heavy (non-hydrogen) atoms. The van der Waals surface area contributed by atoms with Gasteiger partial charge in [-0.2, -0.15) is 0 Å². The Bertz CT molecular complexity index is 1370. The zero-order valence-corrected chi connectivity index (χ0v) is 23.7. The van der Waals surface area contributed by atoms with Crippen molar-refractivity contribution in [1.29, 1.82) is 0 Å². The first-order valence-corrected chi connectivity index (χ1v) is 12.5. The molecule has 5 unspecified atom stereocenters. The molecule has 0 radical (unpaired) electrons. The quantitative estimate of drug-likeness (QED) is 0.256. The predicted molar refractivity (Wildman–Crippen MR) is 134 cm³/mol. The van der Waals surface area contributed by atoms with Crippen LogP contribution in [0.25, 0.3) is 0 Å². The zero-order valence-electron chi connectivity index (χ0n) is 22.1. The summed E-state index contributed by atoms with van der Waals surface area (Å²) in [7, 11) is 0. The van der Waals surface area contributed by atoms with Crippen molar-refractivity contribution in [3.63, 3.8) is 0 Å². The van der Waals surface area contributed by atoms with Crippen molar-refractivity contribution in [1.82, 2.24) is 0 Å². The molecule has 1 heterocycles. The van der Waals surface area contributed by atoms with E-state index < -0.39 is 111 Å². The number of esters is 4. The Balaban J connectivity index is 2.14. The van der Waals surface area contributed by atoms with Crippen LogP contribution in [0, 0.1) is 0 Å². The molecule has 1 aliphatic heterocycles. The van der Waals surface area contributed by atoms with Crippen LogP contribution < -0.4 is 0 Å². The third-order valence-electron chi connectivity index (χ3n) is 5.86. The maximum Gasteiger partial charge on any atom is 0.303 e. The lowest BCUT2D eigenvalue weighted by atomic mass is 9.87. The highest BCUT2D eigenvalue weighted by molar-refractivity contribution is 6.45. The number of hydrogen-bond donors (Lipinski definition) is 2. The predicted octanol–water partition coefficient (Wildman–Crippen LogP) is 2.16. The fraction of sp³-hybridized carbons (Fsp3) is 0.440. The molecule has 1 saturated heterocycles. The number of aromatic hydroxyl groups is 2. The summed E-state index contributed by atoms with van der Waals surface area (Å²) in [5, 5.41) is 19.7. The second kappa shape index (κ2) is 12.3. The first-order chi connectivity index (χ1) is 19.1. The summed E-state index contributed by atoms with van der Waals surface area (Å²) in [6.45, 7) is 4.71. The van der Waals surface area contributed by atoms with Gasteiger partial charge in [0.05, 0.1) is 11.1 Å². The topological polar surface area (TPSA) is 198 Å². The molecule has 0 bridgehead atoms. The number of Topliss-reactive ketones (excluding diaryl/α,β-unsaturated/α-hetero) is 2. The van der Waals surface area contributed by atoms with Crippen LogP contribution >= 0.6 is 23.2 Å². The van der Waals surface area contributed by atoms with Gasteiger partial charge in [-0.3, -0.25) is 28.8 Å². The highest BCUT2D eigenvalue weighted by Crippen LogP contribution is 2.47. The average Bonchev–Trinajstić information content (AvgIpc) is 2.87. The number of ketones is 2. The number of phenols is 2. The molecule has 5 atom stereocenters. The summed E-state index contributed by atoms with van der Waals surface area (Å²) in [6, 6.07) is 0. The third-order valence-corrected chi connectivity index (χ3v) is 6.69. The van der Waals surface area contributed by atoms with Gasteiger partial charge in [0.15, 0.2) is 23.8 Å². The standard InChI is InChI=1S/C25H24Cl2O14/c1-7-17(32)13-14(19(34)16(27)15(26)18(13)33)20(35)21(7)41-25-24(39-11(5)31)23(38-10(4)30)22(37-9(3)29)12(40-25)6-36-8(2)28/h12,22-25,33-34H,6H2,1-5H3. The lowest BCUT2D eigenvalue weighted by molar-refractivity contribution is -0.299. The van der Waals surface area contributed by atoms with E-state index in [4.69, 9.17) is 51.6 Å². The van der Waals surface area contributed by atoms with E-state index in [0.717, 1.165) is 34.6 Å². The fourth-order valence-corrected chi connectivity index (χ4v) is 4.59. The van der Waals surface area contributed by atoms with Crippen LogP contribution in [0.1, 0.15) is 55.3 Å². The highest BCUT2D eigenvalue weighted by Gasteiger charge is 2.54. The lowest BCUT2D eigenvalue weighted by Crippen LogP contribution is -2.63. The number of allylic oxidation sites excluding steroid dienone is 2. The summed E-state index contributed by atoms with van der Waals surface area (Å²) in [5.41, 5.74) is -1.75. The number of rotatable bonds is 7. The Morgan fingerprint density at radius 3 is 1.71 bits per heavy atom. The Hall–Kier alpha value is -3.88. The van der Waals surface area contributed by atoms with Crippen LogP contribution in [0.2, 0.25) is 10.0 Å². The van der Waals surface area contributed by atoms with Gasteiger partial charge < -0.3 is 38.6 Å². The fourth-order valence-electron chi connectivity index (χ4n) is 4.22. The molecule has 0 aromatic heterocycles. The minimum Gasteiger partial charge on any atom is -0.506 e. The van der Waals surface area contributed by atoms with Crippen LogP contribution in [-0.2, 0) is 47.6 Å². The van der Waals surface area contributed by atoms with Gasteiger partial charge in [0, 0.05) is 33.3 Å². The van der Waals surface area contributed by atoms with Crippen LogP contribution in [-0.4, -0.2) is 83.0 Å². The molecular weight excluding hydrogens is 595 g/mol. The van der Waals surface area contributed by atoms with Gasteiger partial charge in [0.1, 0.15) is 34.3 Å². The van der Waals surface area contributed by atoms with Crippen LogP contribution in [0.4, 0.5) is 0 Å². The maximum atomic E-state index is 13.5. The molecule has 1 aliphatic carbocycles. The SMILES string of the molecule is CC(=O)OCC1OC(OC2=C(C)C(=O)c3c(O)c(Cl)c(Cl)c(O)c3C2=O)C(OC(C)=O)C(OC(C)=O)C1OC(C)=O. The van der Waals surface area contributed by atoms with Gasteiger partial charge in [-0.05, 0) is 6.92 Å². The molecule has 0 amide bonds. The van der Waals surface area contributed by atoms with Gasteiger partial charge >= 0.3 is 23.9 Å². The zero-order chi connectivity index (χ0) is 30.9. The molecule has 222 valence electrons. The molecule has 0 spiro atoms. The van der Waals surface area contributed by atoms with E-state index in [-0.39, 0.29) is 5.57 Å². The number of hydrogen-bond acceptors (Lipinski definition) is 14. The second-order valence-corrected chi connectivity index (χ2v) is 9.63. The van der Waals surface area contributed by atoms with Crippen LogP contribution in [0.3, 0.4) is 0 Å². The highest BCUT2D eigenvalue weighted by atomic mass is 35.5. The number of halogens is 2. The van der Waals surface area contributed by atoms with Crippen molar-refractivity contribution < 1.29 is 67.4 Å². The number of carbonyl (C=O) groups excluding carboxylic acids is 6. The maximum absolute atomic E-state index is 13.5. The van der Waals surface area contributed by atoms with E-state index in [1.54, 1.807) is 0 Å². The van der Waals surface area contributed by atoms with Crippen LogP contribution in [0.5, 0.6) is 11.5 Å².